The number of ether oxygens (including phenoxy) is 2. The average molecular weight is 183 g/mol. The van der Waals surface area contributed by atoms with Gasteiger partial charge in [-0.25, -0.2) is 0 Å². The van der Waals surface area contributed by atoms with Crippen LogP contribution in [-0.2, 0) is 0 Å². The zero-order chi connectivity index (χ0) is 9.68. The summed E-state index contributed by atoms with van der Waals surface area (Å²) in [5.74, 6) is 0.731. The summed E-state index contributed by atoms with van der Waals surface area (Å²) in [5, 5.41) is 0. The predicted molar refractivity (Wildman–Crippen MR) is 48.8 cm³/mol. The van der Waals surface area contributed by atoms with Crippen LogP contribution >= 0.6 is 0 Å². The number of nitrogen functional groups attached to an aromatic ring is 1. The van der Waals surface area contributed by atoms with Crippen molar-refractivity contribution in [2.75, 3.05) is 19.5 Å². The molecule has 0 aliphatic rings. The van der Waals surface area contributed by atoms with Crippen LogP contribution in [0.4, 0.5) is 5.69 Å². The maximum absolute atomic E-state index is 5.66. The minimum Gasteiger partial charge on any atom is -0.479 e. The number of methoxy groups -OCH3 is 1. The molecule has 0 saturated carbocycles. The van der Waals surface area contributed by atoms with E-state index in [9.17, 15) is 0 Å². The highest BCUT2D eigenvalue weighted by atomic mass is 16.5. The Labute approximate surface area is 76.9 Å². The van der Waals surface area contributed by atoms with E-state index >= 15 is 0 Å². The van der Waals surface area contributed by atoms with Gasteiger partial charge in [-0.15, -0.1) is 0 Å². The van der Waals surface area contributed by atoms with Crippen LogP contribution in [0.2, 0.25) is 0 Å². The minimum atomic E-state index is 0.346. The first-order valence-corrected chi connectivity index (χ1v) is 4.06. The van der Waals surface area contributed by atoms with Gasteiger partial charge in [0.05, 0.1) is 13.7 Å². The third-order valence-corrected chi connectivity index (χ3v) is 1.45. The van der Waals surface area contributed by atoms with Gasteiger partial charge in [-0.05, 0) is 6.42 Å². The number of hydrogen-bond donors (Lipinski definition) is 1. The van der Waals surface area contributed by atoms with E-state index in [1.807, 2.05) is 6.92 Å². The standard InChI is InChI=1S/C8H13N3O2/c1-3-4-13-8-6(9)7(12-2)10-5-11-8/h5H,3-4,9H2,1-2H3. The molecule has 13 heavy (non-hydrogen) atoms. The van der Waals surface area contributed by atoms with Crippen molar-refractivity contribution in [1.29, 1.82) is 0 Å². The number of aromatic nitrogens is 2. The summed E-state index contributed by atoms with van der Waals surface area (Å²) in [6.45, 7) is 2.60. The van der Waals surface area contributed by atoms with E-state index in [0.29, 0.717) is 24.1 Å². The van der Waals surface area contributed by atoms with Crippen LogP contribution in [0.3, 0.4) is 0 Å². The van der Waals surface area contributed by atoms with Gasteiger partial charge in [-0.2, -0.15) is 9.97 Å². The molecular weight excluding hydrogens is 170 g/mol. The predicted octanol–water partition coefficient (Wildman–Crippen LogP) is 0.856. The summed E-state index contributed by atoms with van der Waals surface area (Å²) in [6.07, 6.45) is 2.27. The molecule has 0 bridgehead atoms. The lowest BCUT2D eigenvalue weighted by Gasteiger charge is -2.07. The van der Waals surface area contributed by atoms with Gasteiger partial charge in [0.25, 0.3) is 0 Å². The highest BCUT2D eigenvalue weighted by molar-refractivity contribution is 5.55. The van der Waals surface area contributed by atoms with Crippen molar-refractivity contribution in [1.82, 2.24) is 9.97 Å². The molecule has 0 atom stereocenters. The topological polar surface area (TPSA) is 70.3 Å². The molecule has 72 valence electrons. The normalized spacial score (nSPS) is 9.69. The van der Waals surface area contributed by atoms with E-state index in [2.05, 4.69) is 9.97 Å². The molecule has 0 unspecified atom stereocenters. The Hall–Kier alpha value is -1.52. The van der Waals surface area contributed by atoms with Gasteiger partial charge in [0.15, 0.2) is 5.69 Å². The summed E-state index contributed by atoms with van der Waals surface area (Å²) in [4.78, 5) is 7.71. The molecule has 5 nitrogen and oxygen atoms in total. The average Bonchev–Trinajstić information content (AvgIpc) is 2.16. The third-order valence-electron chi connectivity index (χ3n) is 1.45. The van der Waals surface area contributed by atoms with Gasteiger partial charge in [-0.3, -0.25) is 0 Å². The molecule has 2 N–H and O–H groups in total. The van der Waals surface area contributed by atoms with Crippen molar-refractivity contribution in [2.24, 2.45) is 0 Å². The second kappa shape index (κ2) is 4.49. The van der Waals surface area contributed by atoms with Crippen molar-refractivity contribution in [2.45, 2.75) is 13.3 Å². The van der Waals surface area contributed by atoms with Crippen molar-refractivity contribution in [3.8, 4) is 11.8 Å². The fourth-order valence-corrected chi connectivity index (χ4v) is 0.841. The molecule has 1 heterocycles. The summed E-state index contributed by atoms with van der Waals surface area (Å²) in [5.41, 5.74) is 6.01. The summed E-state index contributed by atoms with van der Waals surface area (Å²) in [6, 6.07) is 0. The molecule has 0 aromatic carbocycles. The van der Waals surface area contributed by atoms with Gasteiger partial charge >= 0.3 is 0 Å². The molecule has 1 aromatic heterocycles. The van der Waals surface area contributed by atoms with Crippen molar-refractivity contribution >= 4 is 5.69 Å². The Bertz CT molecular complexity index is 278. The molecule has 0 fully saturated rings. The first kappa shape index (κ1) is 9.57. The molecular formula is C8H13N3O2. The highest BCUT2D eigenvalue weighted by Crippen LogP contribution is 2.25. The van der Waals surface area contributed by atoms with E-state index < -0.39 is 0 Å². The quantitative estimate of drug-likeness (QED) is 0.749. The summed E-state index contributed by atoms with van der Waals surface area (Å²) >= 11 is 0. The molecule has 0 radical (unpaired) electrons. The molecule has 0 aliphatic carbocycles. The van der Waals surface area contributed by atoms with Gasteiger partial charge in [-0.1, -0.05) is 6.92 Å². The van der Waals surface area contributed by atoms with Crippen LogP contribution < -0.4 is 15.2 Å². The molecule has 1 rings (SSSR count). The molecule has 5 heteroatoms. The van der Waals surface area contributed by atoms with Crippen LogP contribution in [-0.4, -0.2) is 23.7 Å². The number of hydrogen-bond acceptors (Lipinski definition) is 5. The molecule has 0 spiro atoms. The number of nitrogens with zero attached hydrogens (tertiary/aromatic N) is 2. The van der Waals surface area contributed by atoms with E-state index in [1.165, 1.54) is 13.4 Å². The minimum absolute atomic E-state index is 0.346. The summed E-state index contributed by atoms with van der Waals surface area (Å²) < 4.78 is 10.2. The zero-order valence-electron chi connectivity index (χ0n) is 7.78. The Kier molecular flexibility index (Phi) is 3.31. The molecule has 0 aliphatic heterocycles. The second-order valence-corrected chi connectivity index (χ2v) is 2.45. The molecule has 1 aromatic rings. The second-order valence-electron chi connectivity index (χ2n) is 2.45. The Morgan fingerprint density at radius 3 is 2.69 bits per heavy atom. The SMILES string of the molecule is CCCOc1ncnc(OC)c1N. The van der Waals surface area contributed by atoms with E-state index in [4.69, 9.17) is 15.2 Å². The fourth-order valence-electron chi connectivity index (χ4n) is 0.841. The fraction of sp³-hybridized carbons (Fsp3) is 0.500. The lowest BCUT2D eigenvalue weighted by molar-refractivity contribution is 0.303. The molecule has 0 saturated heterocycles. The van der Waals surface area contributed by atoms with Crippen LogP contribution in [0.1, 0.15) is 13.3 Å². The van der Waals surface area contributed by atoms with Crippen molar-refractivity contribution in [3.63, 3.8) is 0 Å². The van der Waals surface area contributed by atoms with Gasteiger partial charge < -0.3 is 15.2 Å². The number of anilines is 1. The maximum atomic E-state index is 5.66. The van der Waals surface area contributed by atoms with Gasteiger partial charge in [0, 0.05) is 0 Å². The largest absolute Gasteiger partial charge is 0.479 e. The number of nitrogens with two attached hydrogens (primary N) is 1. The van der Waals surface area contributed by atoms with Crippen molar-refractivity contribution in [3.05, 3.63) is 6.33 Å². The Morgan fingerprint density at radius 2 is 2.08 bits per heavy atom. The van der Waals surface area contributed by atoms with E-state index in [-0.39, 0.29) is 0 Å². The summed E-state index contributed by atoms with van der Waals surface area (Å²) in [7, 11) is 1.50. The van der Waals surface area contributed by atoms with Crippen LogP contribution in [0.5, 0.6) is 11.8 Å². The Morgan fingerprint density at radius 1 is 1.38 bits per heavy atom. The smallest absolute Gasteiger partial charge is 0.244 e. The monoisotopic (exact) mass is 183 g/mol. The van der Waals surface area contributed by atoms with Gasteiger partial charge in [0.2, 0.25) is 11.8 Å². The maximum Gasteiger partial charge on any atom is 0.244 e. The lowest BCUT2D eigenvalue weighted by Crippen LogP contribution is -2.04. The van der Waals surface area contributed by atoms with Crippen LogP contribution in [0.25, 0.3) is 0 Å². The Balaban J connectivity index is 2.81. The first-order valence-electron chi connectivity index (χ1n) is 4.06. The molecule has 0 amide bonds. The lowest BCUT2D eigenvalue weighted by atomic mass is 10.5. The zero-order valence-corrected chi connectivity index (χ0v) is 7.78. The van der Waals surface area contributed by atoms with E-state index in [1.54, 1.807) is 0 Å². The highest BCUT2D eigenvalue weighted by Gasteiger charge is 2.08. The third kappa shape index (κ3) is 2.21. The van der Waals surface area contributed by atoms with Crippen LogP contribution in [0, 0.1) is 0 Å². The number of rotatable bonds is 4. The van der Waals surface area contributed by atoms with Crippen LogP contribution in [0.15, 0.2) is 6.33 Å². The van der Waals surface area contributed by atoms with E-state index in [0.717, 1.165) is 6.42 Å². The van der Waals surface area contributed by atoms with Gasteiger partial charge in [0.1, 0.15) is 6.33 Å². The van der Waals surface area contributed by atoms with Crippen molar-refractivity contribution < 1.29 is 9.47 Å². The first-order chi connectivity index (χ1) is 6.29.